The molecule has 5 nitrogen and oxygen atoms in total. The van der Waals surface area contributed by atoms with E-state index in [0.717, 1.165) is 10.6 Å². The lowest BCUT2D eigenvalue weighted by molar-refractivity contribution is -0.142. The molecule has 1 rings (SSSR count). The number of para-hydroxylation sites is 1. The number of carbonyl (C=O) groups is 2. The van der Waals surface area contributed by atoms with Crippen LogP contribution in [0.1, 0.15) is 20.3 Å². The predicted octanol–water partition coefficient (Wildman–Crippen LogP) is 3.28. The maximum atomic E-state index is 11.9. The molecule has 0 saturated carbocycles. The van der Waals surface area contributed by atoms with Gasteiger partial charge in [-0.2, -0.15) is 0 Å². The van der Waals surface area contributed by atoms with E-state index < -0.39 is 11.9 Å². The number of anilines is 1. The monoisotopic (exact) mass is 310 g/mol. The third kappa shape index (κ3) is 6.08. The van der Waals surface area contributed by atoms with Crippen molar-refractivity contribution in [3.05, 3.63) is 24.3 Å². The van der Waals surface area contributed by atoms with Crippen molar-refractivity contribution in [2.45, 2.75) is 25.2 Å². The van der Waals surface area contributed by atoms with Gasteiger partial charge >= 0.3 is 12.0 Å². The Bertz CT molecular complexity index is 492. The summed E-state index contributed by atoms with van der Waals surface area (Å²) in [6.07, 6.45) is 2.47. The van der Waals surface area contributed by atoms with Crippen LogP contribution in [0.3, 0.4) is 0 Å². The lowest BCUT2D eigenvalue weighted by Crippen LogP contribution is -2.36. The van der Waals surface area contributed by atoms with E-state index in [9.17, 15) is 9.59 Å². The predicted molar refractivity (Wildman–Crippen MR) is 85.8 cm³/mol. The minimum Gasteiger partial charge on any atom is -0.481 e. The van der Waals surface area contributed by atoms with Crippen molar-refractivity contribution in [2.24, 2.45) is 11.8 Å². The topological polar surface area (TPSA) is 78.4 Å². The molecule has 0 saturated heterocycles. The van der Waals surface area contributed by atoms with Crippen LogP contribution in [-0.2, 0) is 4.79 Å². The highest BCUT2D eigenvalue weighted by Crippen LogP contribution is 2.24. The van der Waals surface area contributed by atoms with Gasteiger partial charge in [0.15, 0.2) is 0 Å². The molecule has 1 aromatic rings. The first kappa shape index (κ1) is 17.4. The summed E-state index contributed by atoms with van der Waals surface area (Å²) in [6.45, 7) is 4.05. The minimum absolute atomic E-state index is 0.126. The Hall–Kier alpha value is -1.69. The Labute approximate surface area is 129 Å². The molecule has 0 bridgehead atoms. The van der Waals surface area contributed by atoms with Gasteiger partial charge in [0.1, 0.15) is 0 Å². The summed E-state index contributed by atoms with van der Waals surface area (Å²) < 4.78 is 0. The number of thioether (sulfide) groups is 1. The second-order valence-corrected chi connectivity index (χ2v) is 6.05. The third-order valence-electron chi connectivity index (χ3n) is 2.97. The van der Waals surface area contributed by atoms with E-state index in [1.807, 2.05) is 44.4 Å². The molecule has 0 aliphatic carbocycles. The summed E-state index contributed by atoms with van der Waals surface area (Å²) in [7, 11) is 0. The van der Waals surface area contributed by atoms with Gasteiger partial charge in [-0.15, -0.1) is 11.8 Å². The van der Waals surface area contributed by atoms with Crippen LogP contribution in [-0.4, -0.2) is 29.9 Å². The summed E-state index contributed by atoms with van der Waals surface area (Å²) in [6, 6.07) is 7.09. The maximum Gasteiger partial charge on any atom is 0.319 e. The highest BCUT2D eigenvalue weighted by molar-refractivity contribution is 7.98. The van der Waals surface area contributed by atoms with Crippen LogP contribution in [0.4, 0.5) is 10.5 Å². The molecule has 2 amide bonds. The number of carbonyl (C=O) groups excluding carboxylic acids is 1. The normalized spacial score (nSPS) is 12.0. The fraction of sp³-hybridized carbons (Fsp3) is 0.467. The van der Waals surface area contributed by atoms with E-state index in [-0.39, 0.29) is 18.5 Å². The van der Waals surface area contributed by atoms with E-state index in [1.165, 1.54) is 11.8 Å². The number of carboxylic acids is 1. The van der Waals surface area contributed by atoms with Gasteiger partial charge in [0, 0.05) is 11.4 Å². The number of urea groups is 1. The molecule has 0 heterocycles. The van der Waals surface area contributed by atoms with Crippen LogP contribution in [0.2, 0.25) is 0 Å². The zero-order chi connectivity index (χ0) is 15.8. The van der Waals surface area contributed by atoms with Crippen LogP contribution in [0, 0.1) is 11.8 Å². The Morgan fingerprint density at radius 3 is 2.52 bits per heavy atom. The Kier molecular flexibility index (Phi) is 7.08. The van der Waals surface area contributed by atoms with E-state index in [0.29, 0.717) is 6.42 Å². The van der Waals surface area contributed by atoms with E-state index >= 15 is 0 Å². The molecule has 116 valence electrons. The zero-order valence-electron chi connectivity index (χ0n) is 12.6. The smallest absolute Gasteiger partial charge is 0.319 e. The lowest BCUT2D eigenvalue weighted by atomic mass is 9.97. The zero-order valence-corrected chi connectivity index (χ0v) is 13.4. The van der Waals surface area contributed by atoms with Crippen molar-refractivity contribution in [3.63, 3.8) is 0 Å². The number of carboxylic acid groups (broad SMARTS) is 1. The molecule has 0 fully saturated rings. The molecule has 21 heavy (non-hydrogen) atoms. The maximum absolute atomic E-state index is 11.9. The Morgan fingerprint density at radius 2 is 1.95 bits per heavy atom. The van der Waals surface area contributed by atoms with Gasteiger partial charge in [-0.05, 0) is 30.7 Å². The lowest BCUT2D eigenvalue weighted by Gasteiger charge is -2.16. The molecule has 0 radical (unpaired) electrons. The van der Waals surface area contributed by atoms with Crippen molar-refractivity contribution in [2.75, 3.05) is 18.1 Å². The largest absolute Gasteiger partial charge is 0.481 e. The van der Waals surface area contributed by atoms with Gasteiger partial charge in [0.05, 0.1) is 11.6 Å². The van der Waals surface area contributed by atoms with Gasteiger partial charge in [0.25, 0.3) is 0 Å². The van der Waals surface area contributed by atoms with Gasteiger partial charge in [-0.25, -0.2) is 4.79 Å². The molecule has 1 atom stereocenters. The van der Waals surface area contributed by atoms with Crippen molar-refractivity contribution in [1.29, 1.82) is 0 Å². The molecule has 6 heteroatoms. The standard InChI is InChI=1S/C15H22N2O3S/c1-10(2)8-11(14(18)19)9-16-15(20)17-12-6-4-5-7-13(12)21-3/h4-7,10-11H,8-9H2,1-3H3,(H,18,19)(H2,16,17,20). The molecular formula is C15H22N2O3S. The first-order valence-electron chi connectivity index (χ1n) is 6.84. The van der Waals surface area contributed by atoms with Crippen molar-refractivity contribution in [3.8, 4) is 0 Å². The van der Waals surface area contributed by atoms with Crippen LogP contribution >= 0.6 is 11.8 Å². The molecule has 0 aliphatic rings. The van der Waals surface area contributed by atoms with Crippen LogP contribution in [0.5, 0.6) is 0 Å². The molecule has 0 aliphatic heterocycles. The first-order chi connectivity index (χ1) is 9.93. The SMILES string of the molecule is CSc1ccccc1NC(=O)NCC(CC(C)C)C(=O)O. The number of aliphatic carboxylic acids is 1. The van der Waals surface area contributed by atoms with Crippen molar-refractivity contribution < 1.29 is 14.7 Å². The van der Waals surface area contributed by atoms with Gasteiger partial charge in [-0.3, -0.25) is 4.79 Å². The summed E-state index contributed by atoms with van der Waals surface area (Å²) in [5.74, 6) is -1.17. The van der Waals surface area contributed by atoms with Crippen LogP contribution in [0.15, 0.2) is 29.2 Å². The third-order valence-corrected chi connectivity index (χ3v) is 3.77. The summed E-state index contributed by atoms with van der Waals surface area (Å²) in [5, 5.41) is 14.5. The Balaban J connectivity index is 2.55. The number of amides is 2. The first-order valence-corrected chi connectivity index (χ1v) is 8.07. The quantitative estimate of drug-likeness (QED) is 0.675. The number of hydrogen-bond donors (Lipinski definition) is 3. The van der Waals surface area contributed by atoms with Crippen LogP contribution in [0.25, 0.3) is 0 Å². The number of hydrogen-bond acceptors (Lipinski definition) is 3. The highest BCUT2D eigenvalue weighted by atomic mass is 32.2. The van der Waals surface area contributed by atoms with Gasteiger partial charge in [-0.1, -0.05) is 26.0 Å². The van der Waals surface area contributed by atoms with Crippen LogP contribution < -0.4 is 10.6 Å². The molecule has 0 spiro atoms. The Morgan fingerprint density at radius 1 is 1.29 bits per heavy atom. The molecule has 1 unspecified atom stereocenters. The second-order valence-electron chi connectivity index (χ2n) is 5.20. The molecule has 0 aromatic heterocycles. The fourth-order valence-electron chi connectivity index (χ4n) is 1.97. The molecule has 3 N–H and O–H groups in total. The van der Waals surface area contributed by atoms with Gasteiger partial charge in [0.2, 0.25) is 0 Å². The van der Waals surface area contributed by atoms with Crippen molar-refractivity contribution >= 4 is 29.4 Å². The van der Waals surface area contributed by atoms with E-state index in [2.05, 4.69) is 10.6 Å². The number of rotatable bonds is 7. The average Bonchev–Trinajstić information content (AvgIpc) is 2.43. The summed E-state index contributed by atoms with van der Waals surface area (Å²) in [5.41, 5.74) is 0.721. The minimum atomic E-state index is -0.881. The van der Waals surface area contributed by atoms with E-state index in [1.54, 1.807) is 0 Å². The number of nitrogens with one attached hydrogen (secondary N) is 2. The number of benzene rings is 1. The van der Waals surface area contributed by atoms with E-state index in [4.69, 9.17) is 5.11 Å². The molecular weight excluding hydrogens is 288 g/mol. The average molecular weight is 310 g/mol. The highest BCUT2D eigenvalue weighted by Gasteiger charge is 2.19. The fourth-order valence-corrected chi connectivity index (χ4v) is 2.52. The molecule has 1 aromatic carbocycles. The van der Waals surface area contributed by atoms with Crippen molar-refractivity contribution in [1.82, 2.24) is 5.32 Å². The second kappa shape index (κ2) is 8.56. The summed E-state index contributed by atoms with van der Waals surface area (Å²) >= 11 is 1.54. The summed E-state index contributed by atoms with van der Waals surface area (Å²) in [4.78, 5) is 24.0. The van der Waals surface area contributed by atoms with Gasteiger partial charge < -0.3 is 15.7 Å².